The number of carbonyl (C=O) groups is 3. The van der Waals surface area contributed by atoms with Crippen molar-refractivity contribution in [2.45, 2.75) is 25.1 Å². The lowest BCUT2D eigenvalue weighted by Crippen LogP contribution is -2.44. The Hall–Kier alpha value is -5.75. The average molecular weight is 708 g/mol. The number of nitrogens with one attached hydrogen (secondary N) is 2. The number of aromatic nitrogens is 2. The van der Waals surface area contributed by atoms with Crippen LogP contribution in [0.1, 0.15) is 28.8 Å². The molecule has 15 heteroatoms. The highest BCUT2D eigenvalue weighted by Crippen LogP contribution is 2.43. The number of carbonyl (C=O) groups excluding carboxylic acids is 3. The molecule has 266 valence electrons. The lowest BCUT2D eigenvalue weighted by molar-refractivity contribution is -0.126. The van der Waals surface area contributed by atoms with Gasteiger partial charge in [0.1, 0.15) is 18.2 Å². The summed E-state index contributed by atoms with van der Waals surface area (Å²) in [7, 11) is 5.69. The highest BCUT2D eigenvalue weighted by atomic mass is 19.4. The topological polar surface area (TPSA) is 126 Å². The Bertz CT molecular complexity index is 2090. The summed E-state index contributed by atoms with van der Waals surface area (Å²) in [6, 6.07) is 10.0. The summed E-state index contributed by atoms with van der Waals surface area (Å²) < 4.78 is 68.6. The van der Waals surface area contributed by atoms with Gasteiger partial charge in [-0.25, -0.2) is 13.8 Å². The highest BCUT2D eigenvalue weighted by Gasteiger charge is 2.29. The lowest BCUT2D eigenvalue weighted by atomic mass is 9.96. The Morgan fingerprint density at radius 1 is 1.08 bits per heavy atom. The molecule has 0 aliphatic carbocycles. The van der Waals surface area contributed by atoms with E-state index in [2.05, 4.69) is 33.6 Å². The average Bonchev–Trinajstić information content (AvgIpc) is 3.40. The summed E-state index contributed by atoms with van der Waals surface area (Å²) in [4.78, 5) is 45.5. The Labute approximate surface area is 290 Å². The molecule has 3 heterocycles. The number of benzene rings is 2. The number of aryl methyl sites for hydroxylation is 1. The fourth-order valence-electron chi connectivity index (χ4n) is 6.05. The number of nitrogens with zero attached hydrogens (tertiary/aromatic N) is 4. The van der Waals surface area contributed by atoms with Crippen LogP contribution in [0.3, 0.4) is 0 Å². The number of anilines is 2. The summed E-state index contributed by atoms with van der Waals surface area (Å²) in [5.74, 6) is 0.765. The van der Waals surface area contributed by atoms with Gasteiger partial charge in [0.25, 0.3) is 17.7 Å². The van der Waals surface area contributed by atoms with Crippen molar-refractivity contribution in [1.29, 1.82) is 0 Å². The second-order valence-electron chi connectivity index (χ2n) is 12.2. The van der Waals surface area contributed by atoms with E-state index in [0.29, 0.717) is 52.4 Å². The van der Waals surface area contributed by atoms with E-state index in [9.17, 15) is 31.9 Å². The number of pyridine rings is 1. The molecule has 2 aromatic heterocycles. The third-order valence-electron chi connectivity index (χ3n) is 8.64. The van der Waals surface area contributed by atoms with Crippen molar-refractivity contribution in [1.82, 2.24) is 24.7 Å². The van der Waals surface area contributed by atoms with Gasteiger partial charge in [-0.15, -0.1) is 0 Å². The van der Waals surface area contributed by atoms with Crippen LogP contribution >= 0.6 is 0 Å². The van der Waals surface area contributed by atoms with Crippen LogP contribution < -0.4 is 16.4 Å². The number of nitrogens with two attached hydrogens (primary N) is 1. The number of amides is 3. The van der Waals surface area contributed by atoms with E-state index in [1.165, 1.54) is 24.4 Å². The van der Waals surface area contributed by atoms with E-state index in [1.54, 1.807) is 34.0 Å². The number of hydrogen-bond acceptors (Lipinski definition) is 6. The van der Waals surface area contributed by atoms with Crippen molar-refractivity contribution in [2.24, 2.45) is 7.05 Å². The zero-order valence-corrected chi connectivity index (χ0v) is 27.9. The van der Waals surface area contributed by atoms with E-state index in [1.807, 2.05) is 14.1 Å². The molecule has 0 bridgehead atoms. The first-order valence-electron chi connectivity index (χ1n) is 15.7. The first kappa shape index (κ1) is 36.5. The van der Waals surface area contributed by atoms with Crippen LogP contribution in [0.5, 0.6) is 0 Å². The smallest absolute Gasteiger partial charge is 0.383 e. The van der Waals surface area contributed by atoms with Crippen molar-refractivity contribution >= 4 is 40.1 Å². The standard InChI is InChI=1S/C36H34F5N7O3/c1-20(37)34(50)45-24-9-5-21(6-10-24)31-29(22-7-11-26(27(38)17-22)35(51)44-19-36(39,40)41)30-32(47(31)4)23(18-43-33(30)42)8-12-28(49)48-15-13-25(14-16-48)46(2)3/h5-7,9-11,17-18,25H,1,13-16,19H2,2-4H3,(H2,42,43)(H,44,51)(H,45,50). The maximum Gasteiger partial charge on any atom is 0.405 e. The number of likely N-dealkylation sites (tertiary alicyclic amines) is 1. The first-order valence-corrected chi connectivity index (χ1v) is 15.7. The summed E-state index contributed by atoms with van der Waals surface area (Å²) in [5, 5.41) is 4.36. The molecule has 1 saturated heterocycles. The Balaban J connectivity index is 1.62. The number of piperidine rings is 1. The van der Waals surface area contributed by atoms with Gasteiger partial charge in [0.05, 0.1) is 27.7 Å². The normalized spacial score (nSPS) is 13.5. The van der Waals surface area contributed by atoms with Crippen LogP contribution in [0.25, 0.3) is 33.3 Å². The highest BCUT2D eigenvalue weighted by molar-refractivity contribution is 6.11. The Morgan fingerprint density at radius 3 is 2.31 bits per heavy atom. The molecular formula is C36H34F5N7O3. The number of hydrogen-bond donors (Lipinski definition) is 3. The fourth-order valence-corrected chi connectivity index (χ4v) is 6.05. The molecule has 1 aliphatic rings. The largest absolute Gasteiger partial charge is 0.405 e. The monoisotopic (exact) mass is 707 g/mol. The molecule has 1 aliphatic heterocycles. The molecule has 4 N–H and O–H groups in total. The molecule has 10 nitrogen and oxygen atoms in total. The molecule has 0 radical (unpaired) electrons. The quantitative estimate of drug-likeness (QED) is 0.137. The Kier molecular flexibility index (Phi) is 10.5. The number of rotatable bonds is 7. The number of fused-ring (bicyclic) bond motifs is 1. The molecule has 5 rings (SSSR count). The van der Waals surface area contributed by atoms with Gasteiger partial charge in [-0.1, -0.05) is 30.7 Å². The van der Waals surface area contributed by atoms with Gasteiger partial charge in [-0.2, -0.15) is 13.2 Å². The van der Waals surface area contributed by atoms with Gasteiger partial charge in [0.15, 0.2) is 5.83 Å². The summed E-state index contributed by atoms with van der Waals surface area (Å²) in [6.07, 6.45) is -1.66. The first-order chi connectivity index (χ1) is 24.1. The van der Waals surface area contributed by atoms with Crippen LogP contribution in [0.4, 0.5) is 33.5 Å². The van der Waals surface area contributed by atoms with Crippen LogP contribution in [0, 0.1) is 17.7 Å². The zero-order chi connectivity index (χ0) is 37.2. The molecule has 0 spiro atoms. The van der Waals surface area contributed by atoms with Gasteiger partial charge in [-0.3, -0.25) is 14.4 Å². The fraction of sp³-hybridized carbons (Fsp3) is 0.278. The van der Waals surface area contributed by atoms with Gasteiger partial charge >= 0.3 is 6.18 Å². The van der Waals surface area contributed by atoms with Crippen molar-refractivity contribution < 1.29 is 36.3 Å². The van der Waals surface area contributed by atoms with Crippen LogP contribution in [-0.2, 0) is 16.6 Å². The van der Waals surface area contributed by atoms with E-state index < -0.39 is 41.7 Å². The van der Waals surface area contributed by atoms with Gasteiger partial charge in [0, 0.05) is 49.5 Å². The molecule has 0 saturated carbocycles. The molecule has 4 aromatic rings. The van der Waals surface area contributed by atoms with Crippen LogP contribution in [0.15, 0.2) is 61.1 Å². The minimum absolute atomic E-state index is 0.0298. The van der Waals surface area contributed by atoms with Crippen molar-refractivity contribution in [3.63, 3.8) is 0 Å². The second kappa shape index (κ2) is 14.6. The molecule has 0 unspecified atom stereocenters. The molecule has 3 amide bonds. The number of halogens is 5. The van der Waals surface area contributed by atoms with Gasteiger partial charge in [-0.05, 0) is 62.3 Å². The summed E-state index contributed by atoms with van der Waals surface area (Å²) >= 11 is 0. The summed E-state index contributed by atoms with van der Waals surface area (Å²) in [6.45, 7) is 2.44. The zero-order valence-electron chi connectivity index (χ0n) is 27.9. The maximum atomic E-state index is 15.5. The molecular weight excluding hydrogens is 673 g/mol. The van der Waals surface area contributed by atoms with Crippen molar-refractivity contribution in [3.05, 3.63) is 78.0 Å². The second-order valence-corrected chi connectivity index (χ2v) is 12.2. The van der Waals surface area contributed by atoms with Gasteiger partial charge in [0.2, 0.25) is 0 Å². The van der Waals surface area contributed by atoms with Crippen LogP contribution in [-0.4, -0.2) is 83.0 Å². The van der Waals surface area contributed by atoms with Crippen molar-refractivity contribution in [2.75, 3.05) is 44.8 Å². The van der Waals surface area contributed by atoms with E-state index in [4.69, 9.17) is 5.73 Å². The third-order valence-corrected chi connectivity index (χ3v) is 8.64. The molecule has 51 heavy (non-hydrogen) atoms. The lowest BCUT2D eigenvalue weighted by Gasteiger charge is -2.34. The van der Waals surface area contributed by atoms with E-state index >= 15 is 4.39 Å². The minimum atomic E-state index is -4.69. The SMILES string of the molecule is C=C(F)C(=O)Nc1ccc(-c2c(-c3ccc(C(=O)NCC(F)(F)F)c(F)c3)c3c(N)ncc(C#CC(=O)N4CCC(N(C)C)CC4)c3n2C)cc1. The maximum absolute atomic E-state index is 15.5. The molecule has 1 fully saturated rings. The predicted molar refractivity (Wildman–Crippen MR) is 183 cm³/mol. The van der Waals surface area contributed by atoms with Crippen LogP contribution in [0.2, 0.25) is 0 Å². The van der Waals surface area contributed by atoms with E-state index in [-0.39, 0.29) is 23.0 Å². The predicted octanol–water partition coefficient (Wildman–Crippen LogP) is 5.25. The number of alkyl halides is 3. The van der Waals surface area contributed by atoms with Gasteiger partial charge < -0.3 is 30.7 Å². The molecule has 0 atom stereocenters. The minimum Gasteiger partial charge on any atom is -0.383 e. The van der Waals surface area contributed by atoms with Crippen molar-refractivity contribution in [3.8, 4) is 34.2 Å². The van der Waals surface area contributed by atoms with E-state index in [0.717, 1.165) is 25.0 Å². The Morgan fingerprint density at radius 2 is 1.73 bits per heavy atom. The molecule has 2 aromatic carbocycles. The third kappa shape index (κ3) is 8.02. The number of nitrogen functional groups attached to an aromatic ring is 1. The summed E-state index contributed by atoms with van der Waals surface area (Å²) in [5.41, 5.74) is 8.36.